The third kappa shape index (κ3) is 4.61. The fraction of sp³-hybridized carbons (Fsp3) is 0.400. The van der Waals surface area contributed by atoms with E-state index >= 15 is 0 Å². The van der Waals surface area contributed by atoms with Gasteiger partial charge in [-0.25, -0.2) is 4.79 Å². The van der Waals surface area contributed by atoms with Crippen LogP contribution in [0.5, 0.6) is 0 Å². The molecule has 30 heavy (non-hydrogen) atoms. The molecule has 0 unspecified atom stereocenters. The number of allylic oxidation sites excluding steroid dienone is 3. The van der Waals surface area contributed by atoms with Crippen molar-refractivity contribution in [2.45, 2.75) is 46.3 Å². The molecule has 1 fully saturated rings. The molecule has 2 aliphatic rings. The van der Waals surface area contributed by atoms with E-state index in [9.17, 15) is 14.4 Å². The highest BCUT2D eigenvalue weighted by Crippen LogP contribution is 2.59. The number of hydrogen-bond donors (Lipinski definition) is 0. The third-order valence-corrected chi connectivity index (χ3v) is 6.10. The standard InChI is InChI=1S/C25H28O5/c1-5-9-18-16(2)21(14-20(18)26)30-24(28)23-19(25(23,3)4)12-13-22(27)29-15-17-10-7-6-8-11-17/h5-8,10-13,19,21,23H,1,9,14-15H2,2-4H3/b13-12-/t19-,21-,23-/m0/s1. The van der Waals surface area contributed by atoms with E-state index in [2.05, 4.69) is 6.58 Å². The first-order valence-electron chi connectivity index (χ1n) is 10.2. The first-order chi connectivity index (χ1) is 14.3. The Morgan fingerprint density at radius 3 is 2.60 bits per heavy atom. The van der Waals surface area contributed by atoms with Gasteiger partial charge in [0.15, 0.2) is 5.78 Å². The first-order valence-corrected chi connectivity index (χ1v) is 10.2. The van der Waals surface area contributed by atoms with Gasteiger partial charge in [0.2, 0.25) is 0 Å². The normalized spacial score (nSPS) is 24.8. The molecule has 158 valence electrons. The number of ether oxygens (including phenoxy) is 2. The predicted molar refractivity (Wildman–Crippen MR) is 113 cm³/mol. The lowest BCUT2D eigenvalue weighted by atomic mass is 10.1. The maximum absolute atomic E-state index is 12.7. The van der Waals surface area contributed by atoms with Gasteiger partial charge in [0, 0.05) is 11.6 Å². The number of carbonyl (C=O) groups is 3. The number of hydrogen-bond acceptors (Lipinski definition) is 5. The van der Waals surface area contributed by atoms with Crippen LogP contribution < -0.4 is 0 Å². The van der Waals surface area contributed by atoms with Gasteiger partial charge in [0.05, 0.1) is 12.3 Å². The molecule has 0 bridgehead atoms. The molecule has 1 saturated carbocycles. The molecule has 1 aromatic rings. The van der Waals surface area contributed by atoms with Crippen LogP contribution in [0.2, 0.25) is 0 Å². The average molecular weight is 408 g/mol. The third-order valence-electron chi connectivity index (χ3n) is 6.10. The van der Waals surface area contributed by atoms with Gasteiger partial charge < -0.3 is 9.47 Å². The summed E-state index contributed by atoms with van der Waals surface area (Å²) in [5, 5.41) is 0. The van der Waals surface area contributed by atoms with Gasteiger partial charge in [0.25, 0.3) is 0 Å². The predicted octanol–water partition coefficient (Wildman–Crippen LogP) is 4.34. The van der Waals surface area contributed by atoms with Crippen LogP contribution >= 0.6 is 0 Å². The quantitative estimate of drug-likeness (QED) is 0.364. The topological polar surface area (TPSA) is 69.7 Å². The average Bonchev–Trinajstić information content (AvgIpc) is 3.18. The zero-order valence-corrected chi connectivity index (χ0v) is 17.7. The van der Waals surface area contributed by atoms with Crippen LogP contribution in [0, 0.1) is 17.3 Å². The Hall–Kier alpha value is -2.95. The highest BCUT2D eigenvalue weighted by molar-refractivity contribution is 6.00. The minimum atomic E-state index is -0.503. The Morgan fingerprint density at radius 2 is 1.93 bits per heavy atom. The summed E-state index contributed by atoms with van der Waals surface area (Å²) >= 11 is 0. The number of carbonyl (C=O) groups excluding carboxylic acids is 3. The lowest BCUT2D eigenvalue weighted by Gasteiger charge is -2.13. The zero-order valence-electron chi connectivity index (χ0n) is 17.7. The van der Waals surface area contributed by atoms with E-state index in [1.807, 2.05) is 51.1 Å². The summed E-state index contributed by atoms with van der Waals surface area (Å²) in [5.41, 5.74) is 2.11. The number of rotatable bonds is 8. The van der Waals surface area contributed by atoms with Crippen LogP contribution in [-0.4, -0.2) is 23.8 Å². The van der Waals surface area contributed by atoms with Crippen LogP contribution in [0.3, 0.4) is 0 Å². The second kappa shape index (κ2) is 8.82. The second-order valence-electron chi connectivity index (χ2n) is 8.48. The van der Waals surface area contributed by atoms with Gasteiger partial charge in [0.1, 0.15) is 12.7 Å². The van der Waals surface area contributed by atoms with Gasteiger partial charge in [-0.1, -0.05) is 56.3 Å². The van der Waals surface area contributed by atoms with E-state index in [4.69, 9.17) is 9.47 Å². The number of Topliss-reactive ketones (excluding diaryl/α,β-unsaturated/α-hetero) is 1. The van der Waals surface area contributed by atoms with Gasteiger partial charge in [-0.3, -0.25) is 9.59 Å². The van der Waals surface area contributed by atoms with Crippen LogP contribution in [0.1, 0.15) is 39.2 Å². The molecule has 5 heteroatoms. The second-order valence-corrected chi connectivity index (χ2v) is 8.48. The molecule has 2 aliphatic carbocycles. The monoisotopic (exact) mass is 408 g/mol. The Labute approximate surface area is 177 Å². The van der Waals surface area contributed by atoms with Crippen molar-refractivity contribution >= 4 is 17.7 Å². The molecule has 3 atom stereocenters. The zero-order chi connectivity index (χ0) is 21.9. The van der Waals surface area contributed by atoms with Crippen molar-refractivity contribution in [2.24, 2.45) is 17.3 Å². The van der Waals surface area contributed by atoms with Gasteiger partial charge in [-0.15, -0.1) is 6.58 Å². The van der Waals surface area contributed by atoms with Gasteiger partial charge in [-0.05, 0) is 35.8 Å². The van der Waals surface area contributed by atoms with Crippen molar-refractivity contribution < 1.29 is 23.9 Å². The van der Waals surface area contributed by atoms with E-state index in [0.717, 1.165) is 11.1 Å². The summed E-state index contributed by atoms with van der Waals surface area (Å²) < 4.78 is 10.9. The Bertz CT molecular complexity index is 907. The molecule has 0 N–H and O–H groups in total. The van der Waals surface area contributed by atoms with E-state index in [-0.39, 0.29) is 42.0 Å². The van der Waals surface area contributed by atoms with Crippen molar-refractivity contribution in [1.82, 2.24) is 0 Å². The van der Waals surface area contributed by atoms with Crippen molar-refractivity contribution in [1.29, 1.82) is 0 Å². The fourth-order valence-electron chi connectivity index (χ4n) is 4.07. The minimum Gasteiger partial charge on any atom is -0.458 e. The van der Waals surface area contributed by atoms with Crippen molar-refractivity contribution in [3.05, 3.63) is 71.8 Å². The molecule has 0 spiro atoms. The fourth-order valence-corrected chi connectivity index (χ4v) is 4.07. The largest absolute Gasteiger partial charge is 0.458 e. The van der Waals surface area contributed by atoms with Gasteiger partial charge in [-0.2, -0.15) is 0 Å². The molecule has 0 saturated heterocycles. The molecule has 5 nitrogen and oxygen atoms in total. The van der Waals surface area contributed by atoms with Crippen LogP contribution in [0.25, 0.3) is 0 Å². The van der Waals surface area contributed by atoms with Crippen LogP contribution in [0.4, 0.5) is 0 Å². The molecule has 0 amide bonds. The molecule has 0 aromatic heterocycles. The van der Waals surface area contributed by atoms with E-state index < -0.39 is 12.1 Å². The highest BCUT2D eigenvalue weighted by Gasteiger charge is 2.61. The van der Waals surface area contributed by atoms with Crippen molar-refractivity contribution in [2.75, 3.05) is 0 Å². The first kappa shape index (κ1) is 21.8. The van der Waals surface area contributed by atoms with Crippen molar-refractivity contribution in [3.63, 3.8) is 0 Å². The number of ketones is 1. The molecule has 0 radical (unpaired) electrons. The maximum atomic E-state index is 12.7. The van der Waals surface area contributed by atoms with Crippen LogP contribution in [-0.2, 0) is 30.5 Å². The van der Waals surface area contributed by atoms with Crippen molar-refractivity contribution in [3.8, 4) is 0 Å². The molecule has 1 aromatic carbocycles. The smallest absolute Gasteiger partial charge is 0.330 e. The summed E-state index contributed by atoms with van der Waals surface area (Å²) in [6.45, 7) is 9.65. The summed E-state index contributed by atoms with van der Waals surface area (Å²) in [4.78, 5) is 36.9. The number of esters is 2. The molecule has 0 aliphatic heterocycles. The lowest BCUT2D eigenvalue weighted by Crippen LogP contribution is -2.20. The Morgan fingerprint density at radius 1 is 1.23 bits per heavy atom. The number of benzene rings is 1. The Balaban J connectivity index is 1.55. The van der Waals surface area contributed by atoms with E-state index in [0.29, 0.717) is 12.0 Å². The highest BCUT2D eigenvalue weighted by atomic mass is 16.5. The van der Waals surface area contributed by atoms with Gasteiger partial charge >= 0.3 is 11.9 Å². The maximum Gasteiger partial charge on any atom is 0.330 e. The summed E-state index contributed by atoms with van der Waals surface area (Å²) in [5.74, 6) is -1.21. The molecule has 3 rings (SSSR count). The summed E-state index contributed by atoms with van der Waals surface area (Å²) in [6.07, 6.45) is 4.98. The molecular formula is C25H28O5. The minimum absolute atomic E-state index is 0.0119. The molecule has 0 heterocycles. The summed E-state index contributed by atoms with van der Waals surface area (Å²) in [7, 11) is 0. The SMILES string of the molecule is C=CCC1=C(C)[C@@H](OC(=O)[C@@H]2[C@H](/C=C\C(=O)OCc3ccccc3)C2(C)C)CC1=O. The Kier molecular flexibility index (Phi) is 6.40. The molecular weight excluding hydrogens is 380 g/mol. The van der Waals surface area contributed by atoms with E-state index in [1.165, 1.54) is 6.08 Å². The lowest BCUT2D eigenvalue weighted by molar-refractivity contribution is -0.150. The van der Waals surface area contributed by atoms with Crippen LogP contribution in [0.15, 0.2) is 66.3 Å². The van der Waals surface area contributed by atoms with E-state index in [1.54, 1.807) is 12.2 Å². The summed E-state index contributed by atoms with van der Waals surface area (Å²) in [6, 6.07) is 9.45.